The monoisotopic (exact) mass is 250 g/mol. The van der Waals surface area contributed by atoms with Crippen LogP contribution in [0.15, 0.2) is 18.6 Å². The highest BCUT2D eigenvalue weighted by atomic mass is 16.6. The first-order valence-electron chi connectivity index (χ1n) is 5.68. The molecule has 0 saturated carbocycles. The molecule has 0 bridgehead atoms. The lowest BCUT2D eigenvalue weighted by atomic mass is 10.1. The van der Waals surface area contributed by atoms with Gasteiger partial charge in [-0.15, -0.1) is 0 Å². The smallest absolute Gasteiger partial charge is 0.164 e. The number of nitrogens with zero attached hydrogens (tertiary/aromatic N) is 3. The van der Waals surface area contributed by atoms with E-state index in [1.54, 1.807) is 23.8 Å². The molecule has 2 aromatic heterocycles. The Morgan fingerprint density at radius 2 is 2.11 bits per heavy atom. The van der Waals surface area contributed by atoms with Crippen LogP contribution in [-0.2, 0) is 4.74 Å². The van der Waals surface area contributed by atoms with E-state index in [9.17, 15) is 10.2 Å². The number of anilines is 1. The van der Waals surface area contributed by atoms with E-state index in [-0.39, 0.29) is 0 Å². The zero-order valence-electron chi connectivity index (χ0n) is 9.76. The number of fused-ring (bicyclic) bond motifs is 1. The Kier molecular flexibility index (Phi) is 2.47. The topological polar surface area (TPSA) is 106 Å². The molecule has 0 amide bonds. The summed E-state index contributed by atoms with van der Waals surface area (Å²) in [6.45, 7) is 1.71. The fraction of sp³-hybridized carbons (Fsp3) is 0.455. The molecule has 0 aliphatic carbocycles. The summed E-state index contributed by atoms with van der Waals surface area (Å²) >= 11 is 0. The zero-order chi connectivity index (χ0) is 12.9. The van der Waals surface area contributed by atoms with Crippen molar-refractivity contribution in [3.63, 3.8) is 0 Å². The fourth-order valence-electron chi connectivity index (χ4n) is 2.25. The number of aliphatic hydroxyl groups excluding tert-OH is 2. The number of aromatic nitrogens is 3. The molecule has 2 aromatic rings. The van der Waals surface area contributed by atoms with Gasteiger partial charge in [-0.2, -0.15) is 0 Å². The summed E-state index contributed by atoms with van der Waals surface area (Å²) in [4.78, 5) is 8.03. The highest BCUT2D eigenvalue weighted by molar-refractivity contribution is 5.86. The molecule has 96 valence electrons. The van der Waals surface area contributed by atoms with Crippen LogP contribution in [0.3, 0.4) is 0 Å². The van der Waals surface area contributed by atoms with Crippen LogP contribution < -0.4 is 5.73 Å². The van der Waals surface area contributed by atoms with E-state index in [4.69, 9.17) is 10.5 Å². The summed E-state index contributed by atoms with van der Waals surface area (Å²) in [6.07, 6.45) is 0.0748. The lowest BCUT2D eigenvalue weighted by Gasteiger charge is -2.17. The lowest BCUT2D eigenvalue weighted by molar-refractivity contribution is -0.0296. The minimum Gasteiger partial charge on any atom is -0.388 e. The summed E-state index contributed by atoms with van der Waals surface area (Å²) in [7, 11) is 0. The SMILES string of the molecule is CC1OC(n2ccc3c(N)ncnc32)C(O)C1O. The van der Waals surface area contributed by atoms with Crippen molar-refractivity contribution in [2.24, 2.45) is 0 Å². The molecule has 3 rings (SSSR count). The van der Waals surface area contributed by atoms with E-state index in [0.29, 0.717) is 16.9 Å². The van der Waals surface area contributed by atoms with Gasteiger partial charge in [-0.25, -0.2) is 9.97 Å². The fourth-order valence-corrected chi connectivity index (χ4v) is 2.25. The van der Waals surface area contributed by atoms with E-state index in [1.807, 2.05) is 0 Å². The van der Waals surface area contributed by atoms with E-state index in [0.717, 1.165) is 0 Å². The predicted molar refractivity (Wildman–Crippen MR) is 63.5 cm³/mol. The van der Waals surface area contributed by atoms with Crippen molar-refractivity contribution >= 4 is 16.9 Å². The molecule has 0 radical (unpaired) electrons. The highest BCUT2D eigenvalue weighted by Crippen LogP contribution is 2.32. The normalized spacial score (nSPS) is 32.2. The Hall–Kier alpha value is -1.70. The molecule has 0 aromatic carbocycles. The maximum Gasteiger partial charge on any atom is 0.164 e. The number of hydrogen-bond donors (Lipinski definition) is 3. The Morgan fingerprint density at radius 3 is 2.78 bits per heavy atom. The maximum absolute atomic E-state index is 9.96. The summed E-state index contributed by atoms with van der Waals surface area (Å²) < 4.78 is 7.20. The molecule has 4 atom stereocenters. The summed E-state index contributed by atoms with van der Waals surface area (Å²) in [5, 5.41) is 20.4. The molecule has 7 nitrogen and oxygen atoms in total. The molecule has 0 spiro atoms. The van der Waals surface area contributed by atoms with Gasteiger partial charge in [0.15, 0.2) is 6.23 Å². The van der Waals surface area contributed by atoms with Gasteiger partial charge in [0.05, 0.1) is 11.5 Å². The van der Waals surface area contributed by atoms with E-state index >= 15 is 0 Å². The van der Waals surface area contributed by atoms with Crippen LogP contribution >= 0.6 is 0 Å². The first kappa shape index (κ1) is 11.4. The number of ether oxygens (including phenoxy) is 1. The summed E-state index contributed by atoms with van der Waals surface area (Å²) in [5.41, 5.74) is 6.32. The molecular formula is C11H14N4O3. The van der Waals surface area contributed by atoms with Crippen LogP contribution in [0.25, 0.3) is 11.0 Å². The number of nitrogens with two attached hydrogens (primary N) is 1. The number of rotatable bonds is 1. The van der Waals surface area contributed by atoms with Crippen molar-refractivity contribution in [2.45, 2.75) is 31.5 Å². The van der Waals surface area contributed by atoms with Crippen molar-refractivity contribution in [1.29, 1.82) is 0 Å². The second kappa shape index (κ2) is 3.91. The summed E-state index contributed by atoms with van der Waals surface area (Å²) in [6, 6.07) is 1.76. The number of hydrogen-bond acceptors (Lipinski definition) is 6. The predicted octanol–water partition coefficient (Wildman–Crippen LogP) is -0.347. The van der Waals surface area contributed by atoms with Crippen LogP contribution in [0, 0.1) is 0 Å². The Labute approximate surface area is 103 Å². The molecule has 1 saturated heterocycles. The third-order valence-corrected chi connectivity index (χ3v) is 3.29. The molecule has 1 aliphatic heterocycles. The minimum atomic E-state index is -0.994. The van der Waals surface area contributed by atoms with E-state index in [1.165, 1.54) is 6.33 Å². The molecule has 18 heavy (non-hydrogen) atoms. The number of aliphatic hydroxyl groups is 2. The third-order valence-electron chi connectivity index (χ3n) is 3.29. The highest BCUT2D eigenvalue weighted by Gasteiger charge is 2.41. The molecule has 1 aliphatic rings. The van der Waals surface area contributed by atoms with Crippen molar-refractivity contribution in [2.75, 3.05) is 5.73 Å². The van der Waals surface area contributed by atoms with Crippen LogP contribution in [-0.4, -0.2) is 43.1 Å². The van der Waals surface area contributed by atoms with Gasteiger partial charge in [-0.3, -0.25) is 0 Å². The lowest BCUT2D eigenvalue weighted by Crippen LogP contribution is -2.30. The first-order valence-corrected chi connectivity index (χ1v) is 5.68. The average Bonchev–Trinajstić information content (AvgIpc) is 2.88. The van der Waals surface area contributed by atoms with E-state index in [2.05, 4.69) is 9.97 Å². The summed E-state index contributed by atoms with van der Waals surface area (Å²) in [5.74, 6) is 0.375. The van der Waals surface area contributed by atoms with Gasteiger partial charge in [0.25, 0.3) is 0 Å². The molecule has 3 heterocycles. The van der Waals surface area contributed by atoms with Gasteiger partial charge in [0.2, 0.25) is 0 Å². The second-order valence-corrected chi connectivity index (χ2v) is 4.43. The van der Waals surface area contributed by atoms with Crippen LogP contribution in [0.5, 0.6) is 0 Å². The van der Waals surface area contributed by atoms with Gasteiger partial charge >= 0.3 is 0 Å². The van der Waals surface area contributed by atoms with Crippen LogP contribution in [0.2, 0.25) is 0 Å². The molecule has 4 N–H and O–H groups in total. The van der Waals surface area contributed by atoms with E-state index < -0.39 is 24.5 Å². The van der Waals surface area contributed by atoms with Gasteiger partial charge in [0, 0.05) is 6.20 Å². The van der Waals surface area contributed by atoms with Gasteiger partial charge < -0.3 is 25.3 Å². The van der Waals surface area contributed by atoms with Crippen molar-refractivity contribution < 1.29 is 14.9 Å². The van der Waals surface area contributed by atoms with Gasteiger partial charge in [0.1, 0.15) is 30.0 Å². The number of nitrogen functional groups attached to an aromatic ring is 1. The third kappa shape index (κ3) is 1.48. The molecular weight excluding hydrogens is 236 g/mol. The Balaban J connectivity index is 2.08. The first-order chi connectivity index (χ1) is 8.59. The Morgan fingerprint density at radius 1 is 1.33 bits per heavy atom. The minimum absolute atomic E-state index is 0.375. The van der Waals surface area contributed by atoms with Crippen LogP contribution in [0.4, 0.5) is 5.82 Å². The average molecular weight is 250 g/mol. The molecule has 4 unspecified atom stereocenters. The quantitative estimate of drug-likeness (QED) is 0.639. The maximum atomic E-state index is 9.96. The largest absolute Gasteiger partial charge is 0.388 e. The van der Waals surface area contributed by atoms with Gasteiger partial charge in [-0.05, 0) is 13.0 Å². The molecule has 1 fully saturated rings. The van der Waals surface area contributed by atoms with Crippen molar-refractivity contribution in [3.05, 3.63) is 18.6 Å². The standard InChI is InChI=1S/C11H14N4O3/c1-5-7(16)8(17)11(18-5)15-3-2-6-9(12)13-4-14-10(6)15/h2-5,7-8,11,16-17H,1H3,(H2,12,13,14). The zero-order valence-corrected chi connectivity index (χ0v) is 9.76. The Bertz CT molecular complexity index is 585. The van der Waals surface area contributed by atoms with Crippen molar-refractivity contribution in [1.82, 2.24) is 14.5 Å². The second-order valence-electron chi connectivity index (χ2n) is 4.43. The van der Waals surface area contributed by atoms with Gasteiger partial charge in [-0.1, -0.05) is 0 Å². The van der Waals surface area contributed by atoms with Crippen LogP contribution in [0.1, 0.15) is 13.2 Å². The van der Waals surface area contributed by atoms with Crippen molar-refractivity contribution in [3.8, 4) is 0 Å². The molecule has 7 heteroatoms.